The largest absolute Gasteiger partial charge is 0.433 e. The van der Waals surface area contributed by atoms with Gasteiger partial charge in [0.25, 0.3) is 0 Å². The van der Waals surface area contributed by atoms with Gasteiger partial charge in [-0.15, -0.1) is 0 Å². The van der Waals surface area contributed by atoms with E-state index in [9.17, 15) is 8.78 Å². The number of nitrogens with zero attached hydrogens (tertiary/aromatic N) is 1. The number of anilines is 2. The fourth-order valence-corrected chi connectivity index (χ4v) is 1.48. The lowest BCUT2D eigenvalue weighted by molar-refractivity contribution is -0.0493. The van der Waals surface area contributed by atoms with E-state index in [4.69, 9.17) is 11.6 Å². The molecule has 1 heterocycles. The molecule has 0 saturated carbocycles. The molecule has 0 atom stereocenters. The Kier molecular flexibility index (Phi) is 3.43. The Morgan fingerprint density at radius 3 is 2.88 bits per heavy atom. The summed E-state index contributed by atoms with van der Waals surface area (Å²) in [6.07, 6.45) is 3.11. The summed E-state index contributed by atoms with van der Waals surface area (Å²) in [7, 11) is 0. The lowest BCUT2D eigenvalue weighted by atomic mass is 10.3. The van der Waals surface area contributed by atoms with Crippen molar-refractivity contribution in [3.63, 3.8) is 0 Å². The first-order valence-corrected chi connectivity index (χ1v) is 5.04. The number of halogens is 3. The standard InChI is InChI=1S/C10H8ClF2N3O/c11-6-2-1-3-7(17-9(12)13)8(6)16-10-14-4-5-15-10/h1-5,9H,(H2,14,15,16). The van der Waals surface area contributed by atoms with Crippen molar-refractivity contribution in [3.05, 3.63) is 35.6 Å². The van der Waals surface area contributed by atoms with E-state index in [2.05, 4.69) is 20.0 Å². The van der Waals surface area contributed by atoms with Crippen LogP contribution < -0.4 is 10.1 Å². The number of para-hydroxylation sites is 1. The molecule has 17 heavy (non-hydrogen) atoms. The number of ether oxygens (including phenoxy) is 1. The number of imidazole rings is 1. The van der Waals surface area contributed by atoms with Crippen LogP contribution in [0.1, 0.15) is 0 Å². The van der Waals surface area contributed by atoms with Crippen LogP contribution in [0.4, 0.5) is 20.4 Å². The summed E-state index contributed by atoms with van der Waals surface area (Å²) in [5.74, 6) is 0.348. The van der Waals surface area contributed by atoms with E-state index in [0.717, 1.165) is 0 Å². The molecule has 0 aliphatic carbocycles. The molecular weight excluding hydrogens is 252 g/mol. The Morgan fingerprint density at radius 2 is 2.24 bits per heavy atom. The second kappa shape index (κ2) is 5.01. The fourth-order valence-electron chi connectivity index (χ4n) is 1.27. The zero-order valence-corrected chi connectivity index (χ0v) is 9.21. The summed E-state index contributed by atoms with van der Waals surface area (Å²) in [6, 6.07) is 4.47. The van der Waals surface area contributed by atoms with E-state index in [-0.39, 0.29) is 16.5 Å². The van der Waals surface area contributed by atoms with E-state index < -0.39 is 6.61 Å². The van der Waals surface area contributed by atoms with Gasteiger partial charge in [0.1, 0.15) is 5.69 Å². The van der Waals surface area contributed by atoms with Gasteiger partial charge in [-0.05, 0) is 12.1 Å². The average Bonchev–Trinajstić information content (AvgIpc) is 2.75. The number of aromatic amines is 1. The van der Waals surface area contributed by atoms with Crippen LogP contribution >= 0.6 is 11.6 Å². The highest BCUT2D eigenvalue weighted by atomic mass is 35.5. The molecule has 2 rings (SSSR count). The molecule has 0 unspecified atom stereocenters. The summed E-state index contributed by atoms with van der Waals surface area (Å²) < 4.78 is 28.7. The van der Waals surface area contributed by atoms with Crippen molar-refractivity contribution in [2.75, 3.05) is 5.32 Å². The number of benzene rings is 1. The van der Waals surface area contributed by atoms with Crippen molar-refractivity contribution in [2.45, 2.75) is 6.61 Å². The minimum absolute atomic E-state index is 0.0381. The molecule has 0 aliphatic heterocycles. The summed E-state index contributed by atoms with van der Waals surface area (Å²) in [4.78, 5) is 6.67. The smallest absolute Gasteiger partial charge is 0.387 e. The predicted molar refractivity (Wildman–Crippen MR) is 60.0 cm³/mol. The van der Waals surface area contributed by atoms with E-state index >= 15 is 0 Å². The van der Waals surface area contributed by atoms with Crippen LogP contribution in [0.15, 0.2) is 30.6 Å². The van der Waals surface area contributed by atoms with Gasteiger partial charge in [0.2, 0.25) is 5.95 Å². The molecule has 1 aromatic heterocycles. The highest BCUT2D eigenvalue weighted by Gasteiger charge is 2.13. The molecule has 0 spiro atoms. The minimum Gasteiger partial charge on any atom is -0.433 e. The number of hydrogen-bond acceptors (Lipinski definition) is 3. The Morgan fingerprint density at radius 1 is 1.41 bits per heavy atom. The van der Waals surface area contributed by atoms with Gasteiger partial charge in [-0.3, -0.25) is 0 Å². The number of alkyl halides is 2. The molecule has 4 nitrogen and oxygen atoms in total. The maximum Gasteiger partial charge on any atom is 0.387 e. The molecule has 2 N–H and O–H groups in total. The normalized spacial score (nSPS) is 10.6. The third kappa shape index (κ3) is 2.85. The summed E-state index contributed by atoms with van der Waals surface area (Å²) in [5, 5.41) is 3.03. The highest BCUT2D eigenvalue weighted by Crippen LogP contribution is 2.34. The molecule has 0 saturated heterocycles. The zero-order valence-electron chi connectivity index (χ0n) is 8.45. The monoisotopic (exact) mass is 259 g/mol. The van der Waals surface area contributed by atoms with E-state index in [1.54, 1.807) is 12.3 Å². The fraction of sp³-hybridized carbons (Fsp3) is 0.100. The van der Waals surface area contributed by atoms with Crippen molar-refractivity contribution in [2.24, 2.45) is 0 Å². The van der Waals surface area contributed by atoms with Gasteiger partial charge in [0.15, 0.2) is 5.75 Å². The van der Waals surface area contributed by atoms with Gasteiger partial charge < -0.3 is 15.0 Å². The molecule has 90 valence electrons. The highest BCUT2D eigenvalue weighted by molar-refractivity contribution is 6.33. The van der Waals surface area contributed by atoms with E-state index in [1.165, 1.54) is 18.3 Å². The Labute approximate surface area is 101 Å². The molecule has 2 aromatic rings. The number of aromatic nitrogens is 2. The van der Waals surface area contributed by atoms with Crippen LogP contribution in [0.5, 0.6) is 5.75 Å². The van der Waals surface area contributed by atoms with Gasteiger partial charge in [-0.2, -0.15) is 8.78 Å². The second-order valence-electron chi connectivity index (χ2n) is 3.05. The molecule has 0 radical (unpaired) electrons. The van der Waals surface area contributed by atoms with Crippen LogP contribution in [-0.4, -0.2) is 16.6 Å². The summed E-state index contributed by atoms with van der Waals surface area (Å²) >= 11 is 5.90. The topological polar surface area (TPSA) is 49.9 Å². The number of rotatable bonds is 4. The van der Waals surface area contributed by atoms with Crippen LogP contribution in [0.3, 0.4) is 0 Å². The third-order valence-corrected chi connectivity index (χ3v) is 2.25. The minimum atomic E-state index is -2.91. The summed E-state index contributed by atoms with van der Waals surface area (Å²) in [5.41, 5.74) is 0.240. The van der Waals surface area contributed by atoms with Gasteiger partial charge in [0.05, 0.1) is 5.02 Å². The Balaban J connectivity index is 2.30. The van der Waals surface area contributed by atoms with Crippen LogP contribution in [-0.2, 0) is 0 Å². The molecule has 0 aliphatic rings. The van der Waals surface area contributed by atoms with Gasteiger partial charge in [0, 0.05) is 12.4 Å². The third-order valence-electron chi connectivity index (χ3n) is 1.93. The molecule has 0 bridgehead atoms. The quantitative estimate of drug-likeness (QED) is 0.885. The molecule has 1 aromatic carbocycles. The zero-order chi connectivity index (χ0) is 12.3. The van der Waals surface area contributed by atoms with Crippen LogP contribution in [0, 0.1) is 0 Å². The first-order valence-electron chi connectivity index (χ1n) is 4.66. The number of H-pyrrole nitrogens is 1. The van der Waals surface area contributed by atoms with Crippen LogP contribution in [0.2, 0.25) is 5.02 Å². The van der Waals surface area contributed by atoms with Crippen LogP contribution in [0.25, 0.3) is 0 Å². The van der Waals surface area contributed by atoms with Gasteiger partial charge in [-0.25, -0.2) is 4.98 Å². The SMILES string of the molecule is FC(F)Oc1cccc(Cl)c1Nc1ncc[nH]1. The van der Waals surface area contributed by atoms with E-state index in [1.807, 2.05) is 0 Å². The van der Waals surface area contributed by atoms with Crippen molar-refractivity contribution < 1.29 is 13.5 Å². The first kappa shape index (κ1) is 11.7. The maximum absolute atomic E-state index is 12.2. The lowest BCUT2D eigenvalue weighted by Crippen LogP contribution is -2.05. The van der Waals surface area contributed by atoms with Gasteiger partial charge in [-0.1, -0.05) is 17.7 Å². The molecule has 0 amide bonds. The second-order valence-corrected chi connectivity index (χ2v) is 3.46. The van der Waals surface area contributed by atoms with Crippen molar-refractivity contribution in [3.8, 4) is 5.75 Å². The molecular formula is C10H8ClF2N3O. The predicted octanol–water partition coefficient (Wildman–Crippen LogP) is 3.41. The first-order chi connectivity index (χ1) is 8.16. The van der Waals surface area contributed by atoms with Crippen molar-refractivity contribution in [1.82, 2.24) is 9.97 Å². The Hall–Kier alpha value is -1.82. The van der Waals surface area contributed by atoms with Gasteiger partial charge >= 0.3 is 6.61 Å². The lowest BCUT2D eigenvalue weighted by Gasteiger charge is -2.12. The summed E-state index contributed by atoms with van der Waals surface area (Å²) in [6.45, 7) is -2.91. The number of hydrogen-bond donors (Lipinski definition) is 2. The van der Waals surface area contributed by atoms with Crippen molar-refractivity contribution in [1.29, 1.82) is 0 Å². The molecule has 7 heteroatoms. The number of nitrogens with one attached hydrogen (secondary N) is 2. The van der Waals surface area contributed by atoms with E-state index in [0.29, 0.717) is 5.95 Å². The average molecular weight is 260 g/mol. The Bertz CT molecular complexity index is 490. The van der Waals surface area contributed by atoms with Crippen molar-refractivity contribution >= 4 is 23.2 Å². The maximum atomic E-state index is 12.2. The molecule has 0 fully saturated rings.